The third-order valence-electron chi connectivity index (χ3n) is 5.56. The summed E-state index contributed by atoms with van der Waals surface area (Å²) in [5.41, 5.74) is -0.0169. The van der Waals surface area contributed by atoms with E-state index in [1.807, 2.05) is 0 Å². The van der Waals surface area contributed by atoms with Crippen LogP contribution < -0.4 is 5.32 Å². The van der Waals surface area contributed by atoms with E-state index in [4.69, 9.17) is 52.1 Å². The Bertz CT molecular complexity index is 656. The van der Waals surface area contributed by atoms with E-state index in [0.29, 0.717) is 119 Å². The number of nitrogens with one attached hydrogen (secondary N) is 1. The van der Waals surface area contributed by atoms with Crippen molar-refractivity contribution in [2.45, 2.75) is 31.8 Å². The Morgan fingerprint density at radius 1 is 0.600 bits per heavy atom. The van der Waals surface area contributed by atoms with E-state index < -0.39 is 12.2 Å². The second kappa shape index (κ2) is 37.3. The van der Waals surface area contributed by atoms with Gasteiger partial charge in [-0.3, -0.25) is 0 Å². The molecule has 0 saturated carbocycles. The van der Waals surface area contributed by atoms with Crippen molar-refractivity contribution in [3.05, 3.63) is 0 Å². The van der Waals surface area contributed by atoms with Crippen LogP contribution in [0.4, 0.5) is 4.79 Å². The van der Waals surface area contributed by atoms with Gasteiger partial charge in [-0.2, -0.15) is 0 Å². The van der Waals surface area contributed by atoms with Gasteiger partial charge in [-0.05, 0) is 0 Å². The van der Waals surface area contributed by atoms with Crippen molar-refractivity contribution >= 4 is 28.2 Å². The summed E-state index contributed by atoms with van der Waals surface area (Å²) in [5.74, 6) is 0. The number of rotatable bonds is 36. The van der Waals surface area contributed by atoms with Gasteiger partial charge in [0.1, 0.15) is 0 Å². The third kappa shape index (κ3) is 35.5. The molecular formula is C28H56BN2O13P. The van der Waals surface area contributed by atoms with Gasteiger partial charge in [0.2, 0.25) is 0 Å². The summed E-state index contributed by atoms with van der Waals surface area (Å²) in [6, 6.07) is 0. The van der Waals surface area contributed by atoms with Crippen molar-refractivity contribution in [2.75, 3.05) is 140 Å². The Labute approximate surface area is 271 Å². The van der Waals surface area contributed by atoms with Gasteiger partial charge in [0.25, 0.3) is 0 Å². The molecule has 0 bridgehead atoms. The number of nitrogens with zero attached hydrogens (tertiary/aromatic N) is 1. The molecule has 0 fully saturated rings. The molecule has 0 heterocycles. The number of hydrogen-bond donors (Lipinski definition) is 1. The molecule has 0 spiro atoms. The molecule has 15 nitrogen and oxygen atoms in total. The second-order valence-corrected chi connectivity index (χ2v) is 9.62. The summed E-state index contributed by atoms with van der Waals surface area (Å²) in [7, 11) is 6.68. The van der Waals surface area contributed by atoms with Crippen molar-refractivity contribution in [3.63, 3.8) is 0 Å². The van der Waals surface area contributed by atoms with Crippen LogP contribution in [0.25, 0.3) is 0 Å². The van der Waals surface area contributed by atoms with Gasteiger partial charge in [-0.1, -0.05) is 0 Å². The standard InChI is InChI=1S/C28H56BN2O13P/c1-34-8-10-36-12-14-38-16-18-40-20-22-42-24-26(44-28(33)30-7-5-3-4-6-27(32)29-31-45)25-43-23-21-41-19-17-39-15-13-37-11-9-35-2/h26H,3-25,45H2,1-2H3,(H,30,33). The SMILES string of the molecule is COCCOCCOCCOCCOCC(COCCOCCOCCOCCOC)OC(=O)NCCCCCC(=O)/B=N/P. The van der Waals surface area contributed by atoms with Gasteiger partial charge in [-0.25, -0.2) is 0 Å². The van der Waals surface area contributed by atoms with E-state index in [1.165, 1.54) is 7.07 Å². The summed E-state index contributed by atoms with van der Waals surface area (Å²) < 4.78 is 62.8. The van der Waals surface area contributed by atoms with Gasteiger partial charge in [0.05, 0.1) is 106 Å². The van der Waals surface area contributed by atoms with Crippen LogP contribution >= 0.6 is 9.39 Å². The molecule has 17 heteroatoms. The zero-order chi connectivity index (χ0) is 32.9. The molecule has 0 saturated heterocycles. The average Bonchev–Trinajstić information content (AvgIpc) is 3.03. The fraction of sp³-hybridized carbons (Fsp3) is 0.929. The quantitative estimate of drug-likeness (QED) is 0.0578. The maximum absolute atomic E-state index is 12.3. The molecule has 0 rings (SSSR count). The van der Waals surface area contributed by atoms with Gasteiger partial charge in [-0.15, -0.1) is 0 Å². The van der Waals surface area contributed by atoms with Gasteiger partial charge in [0.15, 0.2) is 0 Å². The fourth-order valence-electron chi connectivity index (χ4n) is 3.28. The number of amides is 1. The zero-order valence-corrected chi connectivity index (χ0v) is 28.4. The molecule has 264 valence electrons. The molecule has 1 N–H and O–H groups in total. The molecule has 45 heavy (non-hydrogen) atoms. The molecule has 0 radical (unpaired) electrons. The minimum absolute atomic E-state index is 0.0169. The Morgan fingerprint density at radius 3 is 1.40 bits per heavy atom. The van der Waals surface area contributed by atoms with E-state index in [2.05, 4.69) is 19.4 Å². The first-order chi connectivity index (χ1) is 22.1. The van der Waals surface area contributed by atoms with Gasteiger partial charge in [0, 0.05) is 14.2 Å². The monoisotopic (exact) mass is 670 g/mol. The van der Waals surface area contributed by atoms with Crippen LogP contribution in [0.15, 0.2) is 4.67 Å². The first-order valence-electron chi connectivity index (χ1n) is 15.4. The van der Waals surface area contributed by atoms with Crippen molar-refractivity contribution in [2.24, 2.45) is 4.67 Å². The summed E-state index contributed by atoms with van der Waals surface area (Å²) in [6.07, 6.45) is 1.51. The zero-order valence-electron chi connectivity index (χ0n) is 27.2. The van der Waals surface area contributed by atoms with Crippen molar-refractivity contribution in [1.29, 1.82) is 0 Å². The number of ether oxygens (including phenoxy) is 11. The molecule has 0 aliphatic carbocycles. The Kier molecular flexibility index (Phi) is 36.3. The van der Waals surface area contributed by atoms with Crippen LogP contribution in [0.3, 0.4) is 0 Å². The summed E-state index contributed by atoms with van der Waals surface area (Å²) in [5, 5.41) is 2.73. The van der Waals surface area contributed by atoms with E-state index in [9.17, 15) is 9.59 Å². The molecule has 0 aliphatic heterocycles. The predicted octanol–water partition coefficient (Wildman–Crippen LogP) is 1.27. The molecule has 0 aliphatic rings. The minimum atomic E-state index is -0.614. The van der Waals surface area contributed by atoms with Crippen molar-refractivity contribution in [3.8, 4) is 0 Å². The third-order valence-corrected chi connectivity index (χ3v) is 5.71. The molecule has 1 atom stereocenters. The Hall–Kier alpha value is -1.17. The first kappa shape index (κ1) is 43.8. The van der Waals surface area contributed by atoms with E-state index >= 15 is 0 Å². The molecule has 1 unspecified atom stereocenters. The Balaban J connectivity index is 4.10. The van der Waals surface area contributed by atoms with E-state index in [0.717, 1.165) is 19.3 Å². The molecule has 0 aromatic carbocycles. The normalized spacial score (nSPS) is 11.4. The van der Waals surface area contributed by atoms with Crippen LogP contribution in [0.1, 0.15) is 25.7 Å². The van der Waals surface area contributed by atoms with Crippen LogP contribution in [-0.4, -0.2) is 165 Å². The van der Waals surface area contributed by atoms with Crippen LogP contribution in [-0.2, 0) is 56.9 Å². The first-order valence-corrected chi connectivity index (χ1v) is 16.0. The molecular weight excluding hydrogens is 614 g/mol. The van der Waals surface area contributed by atoms with Gasteiger partial charge >= 0.3 is 114 Å². The Morgan fingerprint density at radius 2 is 1.00 bits per heavy atom. The van der Waals surface area contributed by atoms with Crippen LogP contribution in [0, 0.1) is 0 Å². The molecule has 1 amide bonds. The van der Waals surface area contributed by atoms with E-state index in [-0.39, 0.29) is 18.9 Å². The number of unbranched alkanes of at least 4 members (excludes halogenated alkanes) is 2. The van der Waals surface area contributed by atoms with Crippen LogP contribution in [0.5, 0.6) is 0 Å². The fourth-order valence-corrected chi connectivity index (χ4v) is 3.45. The summed E-state index contributed by atoms with van der Waals surface area (Å²) in [4.78, 5) is 23.8. The summed E-state index contributed by atoms with van der Waals surface area (Å²) in [6.45, 7) is 8.06. The van der Waals surface area contributed by atoms with Crippen molar-refractivity contribution in [1.82, 2.24) is 5.32 Å². The predicted molar refractivity (Wildman–Crippen MR) is 170 cm³/mol. The average molecular weight is 671 g/mol. The molecule has 0 aromatic rings. The number of hydrogen-bond acceptors (Lipinski definition) is 14. The van der Waals surface area contributed by atoms with Gasteiger partial charge < -0.3 is 37.9 Å². The number of alkyl carbamates (subject to hydrolysis) is 1. The second-order valence-electron chi connectivity index (χ2n) is 9.32. The number of methoxy groups -OCH3 is 2. The van der Waals surface area contributed by atoms with Crippen molar-refractivity contribution < 1.29 is 61.7 Å². The number of carbonyl (C=O) groups is 2. The molecule has 0 aromatic heterocycles. The van der Waals surface area contributed by atoms with Crippen LogP contribution in [0.2, 0.25) is 0 Å². The number of carbonyl (C=O) groups excluding carboxylic acids is 2. The van der Waals surface area contributed by atoms with E-state index in [1.54, 1.807) is 14.2 Å². The maximum atomic E-state index is 12.3. The summed E-state index contributed by atoms with van der Waals surface area (Å²) >= 11 is 0. The topological polar surface area (TPSA) is 160 Å².